The minimum atomic E-state index is 0.130. The van der Waals surface area contributed by atoms with Crippen molar-refractivity contribution in [1.29, 1.82) is 0 Å². The zero-order valence-corrected chi connectivity index (χ0v) is 12.9. The van der Waals surface area contributed by atoms with Gasteiger partial charge in [-0.15, -0.1) is 0 Å². The van der Waals surface area contributed by atoms with Gasteiger partial charge in [-0.1, -0.05) is 13.8 Å². The summed E-state index contributed by atoms with van der Waals surface area (Å²) in [4.78, 5) is 13.7. The number of hydrogen-bond acceptors (Lipinski definition) is 3. The van der Waals surface area contributed by atoms with Crippen LogP contribution in [0.4, 0.5) is 0 Å². The summed E-state index contributed by atoms with van der Waals surface area (Å²) in [5.41, 5.74) is 0. The van der Waals surface area contributed by atoms with Gasteiger partial charge in [-0.25, -0.2) is 0 Å². The molecule has 0 rings (SSSR count). The van der Waals surface area contributed by atoms with Crippen LogP contribution in [-0.2, 0) is 4.79 Å². The second kappa shape index (κ2) is 9.34. The summed E-state index contributed by atoms with van der Waals surface area (Å²) in [5.74, 6) is 0.803. The average Bonchev–Trinajstić information content (AvgIpc) is 2.13. The standard InChI is InChI=1S/C14H31N3O/c1-11(2)9-13(10-17(5)6)15-8-7-14(18)16-12(3)4/h11-13,15H,7-10H2,1-6H3,(H,16,18). The van der Waals surface area contributed by atoms with E-state index in [1.165, 1.54) is 0 Å². The number of nitrogens with one attached hydrogen (secondary N) is 2. The fraction of sp³-hybridized carbons (Fsp3) is 0.929. The SMILES string of the molecule is CC(C)CC(CN(C)C)NCCC(=O)NC(C)C. The average molecular weight is 257 g/mol. The van der Waals surface area contributed by atoms with E-state index in [0.29, 0.717) is 18.4 Å². The normalized spacial score (nSPS) is 13.4. The molecule has 108 valence electrons. The monoisotopic (exact) mass is 257 g/mol. The first-order chi connectivity index (χ1) is 8.31. The van der Waals surface area contributed by atoms with E-state index in [-0.39, 0.29) is 11.9 Å². The number of likely N-dealkylation sites (N-methyl/N-ethyl adjacent to an activating group) is 1. The predicted octanol–water partition coefficient (Wildman–Crippen LogP) is 1.47. The van der Waals surface area contributed by atoms with Gasteiger partial charge in [0.15, 0.2) is 0 Å². The van der Waals surface area contributed by atoms with Crippen molar-refractivity contribution in [2.45, 2.75) is 52.6 Å². The molecule has 4 heteroatoms. The first-order valence-corrected chi connectivity index (χ1v) is 6.98. The number of carbonyl (C=O) groups excluding carboxylic acids is 1. The Bertz CT molecular complexity index is 217. The lowest BCUT2D eigenvalue weighted by Gasteiger charge is -2.24. The van der Waals surface area contributed by atoms with Crippen molar-refractivity contribution in [3.8, 4) is 0 Å². The molecule has 1 unspecified atom stereocenters. The lowest BCUT2D eigenvalue weighted by atomic mass is 10.0. The van der Waals surface area contributed by atoms with Crippen LogP contribution in [0.3, 0.4) is 0 Å². The minimum absolute atomic E-state index is 0.130. The van der Waals surface area contributed by atoms with E-state index in [1.54, 1.807) is 0 Å². The molecule has 1 amide bonds. The van der Waals surface area contributed by atoms with E-state index >= 15 is 0 Å². The molecule has 0 bridgehead atoms. The van der Waals surface area contributed by atoms with Crippen molar-refractivity contribution in [1.82, 2.24) is 15.5 Å². The van der Waals surface area contributed by atoms with Crippen LogP contribution in [0.25, 0.3) is 0 Å². The highest BCUT2D eigenvalue weighted by molar-refractivity contribution is 5.76. The third kappa shape index (κ3) is 10.5. The van der Waals surface area contributed by atoms with Gasteiger partial charge in [0, 0.05) is 31.6 Å². The Balaban J connectivity index is 3.91. The molecule has 1 atom stereocenters. The van der Waals surface area contributed by atoms with E-state index in [4.69, 9.17) is 0 Å². The van der Waals surface area contributed by atoms with E-state index in [0.717, 1.165) is 19.5 Å². The molecule has 0 saturated heterocycles. The second-order valence-electron chi connectivity index (χ2n) is 6.02. The number of amides is 1. The van der Waals surface area contributed by atoms with Crippen molar-refractivity contribution >= 4 is 5.91 Å². The van der Waals surface area contributed by atoms with Crippen LogP contribution in [0.15, 0.2) is 0 Å². The van der Waals surface area contributed by atoms with Gasteiger partial charge in [0.2, 0.25) is 5.91 Å². The third-order valence-corrected chi connectivity index (χ3v) is 2.58. The summed E-state index contributed by atoms with van der Waals surface area (Å²) >= 11 is 0. The van der Waals surface area contributed by atoms with Crippen LogP contribution < -0.4 is 10.6 Å². The van der Waals surface area contributed by atoms with Gasteiger partial charge in [-0.05, 0) is 40.3 Å². The number of hydrogen-bond donors (Lipinski definition) is 2. The van der Waals surface area contributed by atoms with Gasteiger partial charge in [-0.2, -0.15) is 0 Å². The summed E-state index contributed by atoms with van der Waals surface area (Å²) < 4.78 is 0. The van der Waals surface area contributed by atoms with Gasteiger partial charge in [0.05, 0.1) is 0 Å². The molecule has 0 radical (unpaired) electrons. The van der Waals surface area contributed by atoms with E-state index in [9.17, 15) is 4.79 Å². The molecule has 0 fully saturated rings. The van der Waals surface area contributed by atoms with Gasteiger partial charge in [0.25, 0.3) is 0 Å². The van der Waals surface area contributed by atoms with Gasteiger partial charge < -0.3 is 15.5 Å². The maximum absolute atomic E-state index is 11.5. The molecule has 0 spiro atoms. The molecule has 0 aromatic rings. The van der Waals surface area contributed by atoms with Crippen LogP contribution in [0.2, 0.25) is 0 Å². The Morgan fingerprint density at radius 3 is 2.22 bits per heavy atom. The topological polar surface area (TPSA) is 44.4 Å². The predicted molar refractivity (Wildman–Crippen MR) is 77.7 cm³/mol. The lowest BCUT2D eigenvalue weighted by molar-refractivity contribution is -0.121. The Labute approximate surface area is 113 Å². The number of rotatable bonds is 9. The molecule has 2 N–H and O–H groups in total. The second-order valence-corrected chi connectivity index (χ2v) is 6.02. The summed E-state index contributed by atoms with van der Waals surface area (Å²) in [6, 6.07) is 0.692. The van der Waals surface area contributed by atoms with E-state index in [1.807, 2.05) is 13.8 Å². The quantitative estimate of drug-likeness (QED) is 0.657. The van der Waals surface area contributed by atoms with E-state index in [2.05, 4.69) is 43.5 Å². The third-order valence-electron chi connectivity index (χ3n) is 2.58. The fourth-order valence-corrected chi connectivity index (χ4v) is 2.02. The molecule has 0 aromatic carbocycles. The van der Waals surface area contributed by atoms with Gasteiger partial charge in [0.1, 0.15) is 0 Å². The smallest absolute Gasteiger partial charge is 0.221 e. The van der Waals surface area contributed by atoms with Crippen molar-refractivity contribution < 1.29 is 4.79 Å². The van der Waals surface area contributed by atoms with Crippen molar-refractivity contribution in [3.05, 3.63) is 0 Å². The molecule has 0 aliphatic heterocycles. The van der Waals surface area contributed by atoms with Crippen molar-refractivity contribution in [2.75, 3.05) is 27.2 Å². The maximum atomic E-state index is 11.5. The molecule has 0 aliphatic carbocycles. The van der Waals surface area contributed by atoms with Crippen LogP contribution in [0.1, 0.15) is 40.5 Å². The summed E-state index contributed by atoms with van der Waals surface area (Å²) in [5, 5.41) is 6.39. The fourth-order valence-electron chi connectivity index (χ4n) is 2.02. The first kappa shape index (κ1) is 17.4. The summed E-state index contributed by atoms with van der Waals surface area (Å²) in [6.07, 6.45) is 1.70. The number of nitrogens with zero attached hydrogens (tertiary/aromatic N) is 1. The molecule has 0 saturated carbocycles. The van der Waals surface area contributed by atoms with Crippen molar-refractivity contribution in [2.24, 2.45) is 5.92 Å². The first-order valence-electron chi connectivity index (χ1n) is 6.98. The molecule has 0 heterocycles. The maximum Gasteiger partial charge on any atom is 0.221 e. The molecular weight excluding hydrogens is 226 g/mol. The Morgan fingerprint density at radius 1 is 1.17 bits per heavy atom. The number of carbonyl (C=O) groups is 1. The van der Waals surface area contributed by atoms with Crippen LogP contribution in [0.5, 0.6) is 0 Å². The Kier molecular flexibility index (Phi) is 9.02. The zero-order chi connectivity index (χ0) is 14.1. The van der Waals surface area contributed by atoms with Crippen molar-refractivity contribution in [3.63, 3.8) is 0 Å². The summed E-state index contributed by atoms with van der Waals surface area (Å²) in [6.45, 7) is 10.2. The highest BCUT2D eigenvalue weighted by Gasteiger charge is 2.12. The Morgan fingerprint density at radius 2 is 1.78 bits per heavy atom. The zero-order valence-electron chi connectivity index (χ0n) is 12.9. The molecule has 18 heavy (non-hydrogen) atoms. The molecular formula is C14H31N3O. The lowest BCUT2D eigenvalue weighted by Crippen LogP contribution is -2.41. The molecule has 4 nitrogen and oxygen atoms in total. The van der Waals surface area contributed by atoms with Crippen LogP contribution in [-0.4, -0.2) is 50.1 Å². The highest BCUT2D eigenvalue weighted by Crippen LogP contribution is 2.05. The van der Waals surface area contributed by atoms with Crippen LogP contribution >= 0.6 is 0 Å². The van der Waals surface area contributed by atoms with Gasteiger partial charge in [-0.3, -0.25) is 4.79 Å². The van der Waals surface area contributed by atoms with E-state index < -0.39 is 0 Å². The highest BCUT2D eigenvalue weighted by atomic mass is 16.1. The Hall–Kier alpha value is -0.610. The van der Waals surface area contributed by atoms with Crippen LogP contribution in [0, 0.1) is 5.92 Å². The molecule has 0 aliphatic rings. The largest absolute Gasteiger partial charge is 0.354 e. The summed E-state index contributed by atoms with van der Waals surface area (Å²) in [7, 11) is 4.17. The van der Waals surface area contributed by atoms with Gasteiger partial charge >= 0.3 is 0 Å². The minimum Gasteiger partial charge on any atom is -0.354 e. The molecule has 0 aromatic heterocycles.